The quantitative estimate of drug-likeness (QED) is 0.663. The van der Waals surface area contributed by atoms with Crippen LogP contribution in [0.4, 0.5) is 4.79 Å². The minimum Gasteiger partial charge on any atom is -0.444 e. The van der Waals surface area contributed by atoms with Gasteiger partial charge in [-0.25, -0.2) is 4.79 Å². The number of ether oxygens (including phenoxy) is 1. The van der Waals surface area contributed by atoms with E-state index in [4.69, 9.17) is 4.74 Å². The highest BCUT2D eigenvalue weighted by Gasteiger charge is 2.16. The van der Waals surface area contributed by atoms with Gasteiger partial charge in [-0.3, -0.25) is 9.69 Å². The Hall–Kier alpha value is -2.86. The molecule has 0 bridgehead atoms. The third-order valence-electron chi connectivity index (χ3n) is 5.45. The number of hydrogen-bond acceptors (Lipinski definition) is 4. The Morgan fingerprint density at radius 1 is 0.875 bits per heavy atom. The average molecular weight is 438 g/mol. The van der Waals surface area contributed by atoms with E-state index in [-0.39, 0.29) is 5.91 Å². The third kappa shape index (κ3) is 7.68. The minimum atomic E-state index is -0.529. The standard InChI is InChI=1S/C26H35N3O3/c1-26(2,3)32-25(31)28-17-20-11-13-21(14-12-20)24(30)27-18-22-9-5-6-10-23(22)19-29-15-7-4-8-16-29/h5-6,9-14H,4,7-8,15-19H2,1-3H3,(H,27,30)(H,28,31). The van der Waals surface area contributed by atoms with Crippen LogP contribution in [0.15, 0.2) is 48.5 Å². The molecule has 0 radical (unpaired) electrons. The van der Waals surface area contributed by atoms with Crippen molar-refractivity contribution in [2.75, 3.05) is 13.1 Å². The van der Waals surface area contributed by atoms with Crippen molar-refractivity contribution in [2.24, 2.45) is 0 Å². The predicted molar refractivity (Wildman–Crippen MR) is 126 cm³/mol. The molecule has 2 N–H and O–H groups in total. The van der Waals surface area contributed by atoms with Crippen LogP contribution in [0, 0.1) is 0 Å². The van der Waals surface area contributed by atoms with Crippen molar-refractivity contribution in [1.29, 1.82) is 0 Å². The van der Waals surface area contributed by atoms with Crippen LogP contribution in [-0.4, -0.2) is 35.6 Å². The lowest BCUT2D eigenvalue weighted by Gasteiger charge is -2.27. The summed E-state index contributed by atoms with van der Waals surface area (Å²) in [5.41, 5.74) is 3.40. The number of nitrogens with one attached hydrogen (secondary N) is 2. The highest BCUT2D eigenvalue weighted by molar-refractivity contribution is 5.94. The molecule has 32 heavy (non-hydrogen) atoms. The van der Waals surface area contributed by atoms with Crippen LogP contribution in [-0.2, 0) is 24.4 Å². The molecule has 1 saturated heterocycles. The number of nitrogens with zero attached hydrogens (tertiary/aromatic N) is 1. The van der Waals surface area contributed by atoms with E-state index >= 15 is 0 Å². The van der Waals surface area contributed by atoms with Crippen LogP contribution in [0.1, 0.15) is 67.1 Å². The molecular weight excluding hydrogens is 402 g/mol. The maximum Gasteiger partial charge on any atom is 0.407 e. The lowest BCUT2D eigenvalue weighted by molar-refractivity contribution is 0.0523. The molecule has 1 aliphatic rings. The van der Waals surface area contributed by atoms with E-state index in [0.29, 0.717) is 18.7 Å². The fourth-order valence-electron chi connectivity index (χ4n) is 3.78. The van der Waals surface area contributed by atoms with Gasteiger partial charge in [0.1, 0.15) is 5.60 Å². The highest BCUT2D eigenvalue weighted by atomic mass is 16.6. The van der Waals surface area contributed by atoms with Crippen LogP contribution >= 0.6 is 0 Å². The van der Waals surface area contributed by atoms with E-state index < -0.39 is 11.7 Å². The second-order valence-electron chi connectivity index (χ2n) is 9.34. The lowest BCUT2D eigenvalue weighted by Crippen LogP contribution is -2.32. The van der Waals surface area contributed by atoms with Crippen LogP contribution in [0.2, 0.25) is 0 Å². The first-order chi connectivity index (χ1) is 15.3. The molecule has 1 aliphatic heterocycles. The summed E-state index contributed by atoms with van der Waals surface area (Å²) in [5, 5.41) is 5.77. The molecule has 6 heteroatoms. The molecule has 2 amide bonds. The van der Waals surface area contributed by atoms with Crippen LogP contribution in [0.3, 0.4) is 0 Å². The first-order valence-corrected chi connectivity index (χ1v) is 11.4. The zero-order valence-electron chi connectivity index (χ0n) is 19.4. The van der Waals surface area contributed by atoms with Gasteiger partial charge in [0.05, 0.1) is 0 Å². The summed E-state index contributed by atoms with van der Waals surface area (Å²) in [6.07, 6.45) is 3.40. The second kappa shape index (κ2) is 11.1. The number of amides is 2. The monoisotopic (exact) mass is 437 g/mol. The lowest BCUT2D eigenvalue weighted by atomic mass is 10.0. The normalized spacial score (nSPS) is 14.6. The van der Waals surface area contributed by atoms with E-state index in [1.807, 2.05) is 39.0 Å². The van der Waals surface area contributed by atoms with E-state index in [9.17, 15) is 9.59 Å². The Balaban J connectivity index is 1.50. The molecule has 0 unspecified atom stereocenters. The summed E-state index contributed by atoms with van der Waals surface area (Å²) in [6.45, 7) is 9.56. The van der Waals surface area contributed by atoms with Gasteiger partial charge in [0.2, 0.25) is 0 Å². The van der Waals surface area contributed by atoms with Gasteiger partial charge < -0.3 is 15.4 Å². The van der Waals surface area contributed by atoms with Gasteiger partial charge in [0, 0.05) is 25.2 Å². The summed E-state index contributed by atoms with van der Waals surface area (Å²) in [4.78, 5) is 26.9. The fourth-order valence-corrected chi connectivity index (χ4v) is 3.78. The molecule has 0 atom stereocenters. The molecule has 0 spiro atoms. The first-order valence-electron chi connectivity index (χ1n) is 11.4. The Morgan fingerprint density at radius 2 is 1.53 bits per heavy atom. The molecule has 0 aromatic heterocycles. The Morgan fingerprint density at radius 3 is 2.19 bits per heavy atom. The van der Waals surface area contributed by atoms with Crippen molar-refractivity contribution in [3.05, 3.63) is 70.8 Å². The first kappa shape index (κ1) is 23.8. The van der Waals surface area contributed by atoms with E-state index in [1.165, 1.54) is 24.8 Å². The Kier molecular flexibility index (Phi) is 8.28. The van der Waals surface area contributed by atoms with Crippen molar-refractivity contribution in [3.63, 3.8) is 0 Å². The molecule has 2 aromatic rings. The van der Waals surface area contributed by atoms with Gasteiger partial charge in [0.15, 0.2) is 0 Å². The van der Waals surface area contributed by atoms with Gasteiger partial charge in [-0.1, -0.05) is 42.8 Å². The SMILES string of the molecule is CC(C)(C)OC(=O)NCc1ccc(C(=O)NCc2ccccc2CN2CCCCC2)cc1. The molecule has 2 aromatic carbocycles. The maximum atomic E-state index is 12.6. The maximum absolute atomic E-state index is 12.6. The van der Waals surface area contributed by atoms with Crippen molar-refractivity contribution in [3.8, 4) is 0 Å². The van der Waals surface area contributed by atoms with Crippen molar-refractivity contribution in [2.45, 2.75) is 65.3 Å². The Bertz CT molecular complexity index is 897. The predicted octanol–water partition coefficient (Wildman–Crippen LogP) is 4.63. The second-order valence-corrected chi connectivity index (χ2v) is 9.34. The van der Waals surface area contributed by atoms with Gasteiger partial charge in [-0.15, -0.1) is 0 Å². The minimum absolute atomic E-state index is 0.107. The number of benzene rings is 2. The summed E-state index contributed by atoms with van der Waals surface area (Å²) in [5.74, 6) is -0.107. The van der Waals surface area contributed by atoms with Crippen LogP contribution in [0.5, 0.6) is 0 Å². The molecule has 6 nitrogen and oxygen atoms in total. The average Bonchev–Trinajstić information content (AvgIpc) is 2.77. The number of hydrogen-bond donors (Lipinski definition) is 2. The number of piperidine rings is 1. The molecule has 1 heterocycles. The number of carbonyl (C=O) groups excluding carboxylic acids is 2. The van der Waals surface area contributed by atoms with E-state index in [0.717, 1.165) is 30.8 Å². The molecular formula is C26H35N3O3. The molecule has 3 rings (SSSR count). The topological polar surface area (TPSA) is 70.7 Å². The molecule has 172 valence electrons. The van der Waals surface area contributed by atoms with E-state index in [1.54, 1.807) is 12.1 Å². The van der Waals surface area contributed by atoms with Crippen molar-refractivity contribution >= 4 is 12.0 Å². The van der Waals surface area contributed by atoms with E-state index in [2.05, 4.69) is 33.7 Å². The zero-order valence-corrected chi connectivity index (χ0v) is 19.4. The molecule has 0 aliphatic carbocycles. The zero-order chi connectivity index (χ0) is 23.0. The summed E-state index contributed by atoms with van der Waals surface area (Å²) in [6, 6.07) is 15.6. The smallest absolute Gasteiger partial charge is 0.407 e. The highest BCUT2D eigenvalue weighted by Crippen LogP contribution is 2.16. The van der Waals surface area contributed by atoms with Crippen molar-refractivity contribution in [1.82, 2.24) is 15.5 Å². The number of rotatable bonds is 7. The number of carbonyl (C=O) groups is 2. The largest absolute Gasteiger partial charge is 0.444 e. The van der Waals surface area contributed by atoms with Gasteiger partial charge in [-0.2, -0.15) is 0 Å². The summed E-state index contributed by atoms with van der Waals surface area (Å²) >= 11 is 0. The Labute approximate surface area is 191 Å². The van der Waals surface area contributed by atoms with Gasteiger partial charge in [0.25, 0.3) is 5.91 Å². The summed E-state index contributed by atoms with van der Waals surface area (Å²) < 4.78 is 5.24. The molecule has 0 saturated carbocycles. The van der Waals surface area contributed by atoms with Crippen molar-refractivity contribution < 1.29 is 14.3 Å². The fraction of sp³-hybridized carbons (Fsp3) is 0.462. The molecule has 1 fully saturated rings. The van der Waals surface area contributed by atoms with Crippen LogP contribution < -0.4 is 10.6 Å². The number of alkyl carbamates (subject to hydrolysis) is 1. The van der Waals surface area contributed by atoms with Gasteiger partial charge >= 0.3 is 6.09 Å². The van der Waals surface area contributed by atoms with Crippen LogP contribution in [0.25, 0.3) is 0 Å². The van der Waals surface area contributed by atoms with Gasteiger partial charge in [-0.05, 0) is 75.5 Å². The number of likely N-dealkylation sites (tertiary alicyclic amines) is 1. The summed E-state index contributed by atoms with van der Waals surface area (Å²) in [7, 11) is 0. The third-order valence-corrected chi connectivity index (χ3v) is 5.45.